The second-order valence-electron chi connectivity index (χ2n) is 20.0. The van der Waals surface area contributed by atoms with Gasteiger partial charge in [0, 0.05) is 5.54 Å². The highest BCUT2D eigenvalue weighted by Crippen LogP contribution is 2.52. The van der Waals surface area contributed by atoms with Crippen LogP contribution in [0.25, 0.3) is 33.4 Å². The van der Waals surface area contributed by atoms with Crippen LogP contribution in [0.1, 0.15) is 95.7 Å². The number of ether oxygens (including phenoxy) is 1. The lowest BCUT2D eigenvalue weighted by molar-refractivity contribution is 0.368. The third kappa shape index (κ3) is 7.03. The Morgan fingerprint density at radius 3 is 1.46 bits per heavy atom. The predicted octanol–water partition coefficient (Wildman–Crippen LogP) is 13.5. The van der Waals surface area contributed by atoms with Crippen molar-refractivity contribution in [2.24, 2.45) is 0 Å². The van der Waals surface area contributed by atoms with Crippen LogP contribution in [0.3, 0.4) is 0 Å². The Kier molecular flexibility index (Phi) is 10.3. The van der Waals surface area contributed by atoms with Gasteiger partial charge in [0.05, 0.1) is 16.1 Å². The Balaban J connectivity index is 1.67. The molecule has 0 fully saturated rings. The second kappa shape index (κ2) is 14.0. The summed E-state index contributed by atoms with van der Waals surface area (Å²) in [6.07, 6.45) is 1.91. The van der Waals surface area contributed by atoms with Crippen molar-refractivity contribution in [2.75, 3.05) is 6.61 Å². The topological polar surface area (TPSA) is 9.23 Å². The van der Waals surface area contributed by atoms with Crippen molar-refractivity contribution in [2.45, 2.75) is 117 Å². The van der Waals surface area contributed by atoms with E-state index in [0.29, 0.717) is 6.61 Å². The first-order valence-electron chi connectivity index (χ1n) is 20.0. The van der Waals surface area contributed by atoms with E-state index in [1.165, 1.54) is 71.6 Å². The van der Waals surface area contributed by atoms with Crippen molar-refractivity contribution in [1.29, 1.82) is 0 Å². The molecule has 282 valence electrons. The van der Waals surface area contributed by atoms with Crippen molar-refractivity contribution in [3.8, 4) is 39.1 Å². The number of hydrogen-bond donors (Lipinski definition) is 0. The summed E-state index contributed by atoms with van der Waals surface area (Å²) < 4.78 is 6.92. The van der Waals surface area contributed by atoms with E-state index in [1.807, 2.05) is 6.08 Å². The molecule has 0 atom stereocenters. The average molecular weight is 749 g/mol. The molecule has 0 radical (unpaired) electrons. The van der Waals surface area contributed by atoms with Crippen LogP contribution in [0.2, 0.25) is 31.2 Å². The second-order valence-corrected chi connectivity index (χ2v) is 29.9. The minimum Gasteiger partial charge on any atom is -0.490 e. The van der Waals surface area contributed by atoms with Crippen molar-refractivity contribution in [1.82, 2.24) is 0 Å². The molecule has 0 heterocycles. The van der Waals surface area contributed by atoms with E-state index in [9.17, 15) is 0 Å². The van der Waals surface area contributed by atoms with Gasteiger partial charge < -0.3 is 4.74 Å². The van der Waals surface area contributed by atoms with Crippen LogP contribution >= 0.6 is 0 Å². The van der Waals surface area contributed by atoms with Crippen LogP contribution in [-0.2, 0) is 10.8 Å². The molecule has 0 spiro atoms. The Labute approximate surface area is 330 Å². The molecule has 3 heteroatoms. The molecule has 0 aliphatic heterocycles. The fraction of sp³-hybridized carbons (Fsp3) is 0.373. The summed E-state index contributed by atoms with van der Waals surface area (Å²) in [4.78, 5) is 0. The molecule has 0 saturated heterocycles. The van der Waals surface area contributed by atoms with Crippen molar-refractivity contribution < 1.29 is 4.74 Å². The van der Waals surface area contributed by atoms with E-state index >= 15 is 0 Å². The molecule has 1 aliphatic carbocycles. The molecule has 0 aromatic heterocycles. The van der Waals surface area contributed by atoms with Crippen molar-refractivity contribution in [3.05, 3.63) is 138 Å². The van der Waals surface area contributed by atoms with Gasteiger partial charge in [0.2, 0.25) is 0 Å². The molecular formula is C51H64OSi2. The van der Waals surface area contributed by atoms with E-state index in [1.54, 1.807) is 0 Å². The quantitative estimate of drug-likeness (QED) is 0.113. The molecule has 0 bridgehead atoms. The molecule has 54 heavy (non-hydrogen) atoms. The first-order chi connectivity index (χ1) is 25.1. The highest BCUT2D eigenvalue weighted by Gasteiger charge is 2.47. The van der Waals surface area contributed by atoms with Gasteiger partial charge in [-0.2, -0.15) is 0 Å². The third-order valence-corrected chi connectivity index (χ3v) is 21.9. The third-order valence-electron chi connectivity index (χ3n) is 12.7. The van der Waals surface area contributed by atoms with Gasteiger partial charge in [-0.25, -0.2) is 0 Å². The summed E-state index contributed by atoms with van der Waals surface area (Å²) in [7, 11) is -4.42. The van der Waals surface area contributed by atoms with Gasteiger partial charge in [-0.15, -0.1) is 0 Å². The summed E-state index contributed by atoms with van der Waals surface area (Å²) in [6.45, 7) is 38.3. The molecule has 0 saturated carbocycles. The molecule has 0 N–H and O–H groups in total. The standard InChI is InChI=1S/C51H64OSi2/c1-16-29-52-47-45(30-34(2)31-46(47)54(14,15)51(9,10)11)53(12,13)48-41-32-35(37-21-17-19-23-43(37)49(3,4)5)25-27-39(41)40-28-26-36(33-42(40)48)38-22-18-20-24-44(38)50(6,7)8/h16-28,30-33,48H,1,29H2,2-15H3. The summed E-state index contributed by atoms with van der Waals surface area (Å²) in [5, 5.41) is 3.02. The first-order valence-corrected chi connectivity index (χ1v) is 26.0. The molecule has 0 amide bonds. The number of aryl methyl sites for hydroxylation is 1. The Morgan fingerprint density at radius 2 is 1.04 bits per heavy atom. The Hall–Kier alpha value is -3.93. The van der Waals surface area contributed by atoms with Gasteiger partial charge in [0.25, 0.3) is 0 Å². The lowest BCUT2D eigenvalue weighted by atomic mass is 9.81. The zero-order valence-corrected chi connectivity index (χ0v) is 37.7. The maximum absolute atomic E-state index is 6.92. The highest BCUT2D eigenvalue weighted by atomic mass is 28.3. The largest absolute Gasteiger partial charge is 0.490 e. The maximum atomic E-state index is 6.92. The molecule has 5 aromatic carbocycles. The fourth-order valence-corrected chi connectivity index (χ4v) is 14.8. The molecule has 5 aromatic rings. The first kappa shape index (κ1) is 39.8. The van der Waals surface area contributed by atoms with Gasteiger partial charge in [0.1, 0.15) is 12.4 Å². The van der Waals surface area contributed by atoms with Gasteiger partial charge in [0.15, 0.2) is 0 Å². The smallest absolute Gasteiger partial charge is 0.118 e. The minimum absolute atomic E-state index is 0.0282. The number of benzene rings is 5. The lowest BCUT2D eigenvalue weighted by Crippen LogP contribution is -2.55. The van der Waals surface area contributed by atoms with E-state index in [0.717, 1.165) is 5.75 Å². The molecule has 6 rings (SSSR count). The average Bonchev–Trinajstić information content (AvgIpc) is 3.43. The fourth-order valence-electron chi connectivity index (χ4n) is 8.72. The van der Waals surface area contributed by atoms with Crippen LogP contribution < -0.4 is 15.1 Å². The summed E-state index contributed by atoms with van der Waals surface area (Å²) in [5.74, 6) is 1.13. The Bertz CT molecular complexity index is 2110. The molecular weight excluding hydrogens is 685 g/mol. The number of fused-ring (bicyclic) bond motifs is 3. The van der Waals surface area contributed by atoms with Gasteiger partial charge in [-0.05, 0) is 88.8 Å². The summed E-state index contributed by atoms with van der Waals surface area (Å²) in [5.41, 5.74) is 15.3. The van der Waals surface area contributed by atoms with Crippen LogP contribution in [0, 0.1) is 6.92 Å². The lowest BCUT2D eigenvalue weighted by Gasteiger charge is -2.41. The van der Waals surface area contributed by atoms with Gasteiger partial charge >= 0.3 is 0 Å². The number of rotatable bonds is 8. The molecule has 0 unspecified atom stereocenters. The maximum Gasteiger partial charge on any atom is 0.118 e. The van der Waals surface area contributed by atoms with Crippen LogP contribution in [0.4, 0.5) is 0 Å². The highest BCUT2D eigenvalue weighted by molar-refractivity contribution is 6.95. The zero-order valence-electron chi connectivity index (χ0n) is 35.7. The Morgan fingerprint density at radius 1 is 0.593 bits per heavy atom. The minimum atomic E-state index is -2.43. The molecule has 1 nitrogen and oxygen atoms in total. The number of hydrogen-bond acceptors (Lipinski definition) is 1. The van der Waals surface area contributed by atoms with Gasteiger partial charge in [-0.1, -0.05) is 204 Å². The summed E-state index contributed by atoms with van der Waals surface area (Å²) >= 11 is 0. The summed E-state index contributed by atoms with van der Waals surface area (Å²) in [6, 6.07) is 37.6. The zero-order chi connectivity index (χ0) is 39.6. The van der Waals surface area contributed by atoms with Crippen LogP contribution in [0.15, 0.2) is 110 Å². The van der Waals surface area contributed by atoms with Crippen molar-refractivity contribution in [3.63, 3.8) is 0 Å². The SMILES string of the molecule is C=CCOc1c([Si](C)(C)C2c3cc(-c4ccccc4C(C)(C)C)ccc3-c3ccc(-c4ccccc4C(C)(C)C)cc32)cc(C)cc1[Si](C)(C)C(C)(C)C. The monoisotopic (exact) mass is 748 g/mol. The van der Waals surface area contributed by atoms with Crippen LogP contribution in [-0.4, -0.2) is 22.8 Å². The van der Waals surface area contributed by atoms with E-state index in [4.69, 9.17) is 4.74 Å². The molecule has 1 aliphatic rings. The predicted molar refractivity (Wildman–Crippen MR) is 243 cm³/mol. The van der Waals surface area contributed by atoms with E-state index in [-0.39, 0.29) is 21.4 Å². The van der Waals surface area contributed by atoms with Gasteiger partial charge in [-0.3, -0.25) is 0 Å². The van der Waals surface area contributed by atoms with E-state index < -0.39 is 16.1 Å². The normalized spacial score (nSPS) is 13.8. The van der Waals surface area contributed by atoms with Crippen LogP contribution in [0.5, 0.6) is 5.75 Å². The van der Waals surface area contributed by atoms with E-state index in [2.05, 4.69) is 199 Å². The van der Waals surface area contributed by atoms with Crippen molar-refractivity contribution >= 4 is 26.5 Å².